The van der Waals surface area contributed by atoms with Crippen LogP contribution in [0.1, 0.15) is 22.4 Å². The van der Waals surface area contributed by atoms with Crippen molar-refractivity contribution in [1.82, 2.24) is 4.98 Å². The second-order valence-corrected chi connectivity index (χ2v) is 4.22. The van der Waals surface area contributed by atoms with Gasteiger partial charge in [-0.2, -0.15) is 0 Å². The first-order valence-electron chi connectivity index (χ1n) is 5.30. The minimum Gasteiger partial charge on any atom is -0.260 e. The Morgan fingerprint density at radius 3 is 2.80 bits per heavy atom. The van der Waals surface area contributed by atoms with E-state index >= 15 is 0 Å². The molecule has 1 nitrogen and oxygen atoms in total. The van der Waals surface area contributed by atoms with E-state index in [0.29, 0.717) is 0 Å². The number of hydrogen-bond acceptors (Lipinski definition) is 1. The van der Waals surface area contributed by atoms with Gasteiger partial charge in [0, 0.05) is 18.2 Å². The van der Waals surface area contributed by atoms with Gasteiger partial charge >= 0.3 is 0 Å². The van der Waals surface area contributed by atoms with Gasteiger partial charge in [-0.25, -0.2) is 0 Å². The van der Waals surface area contributed by atoms with E-state index in [0.717, 1.165) is 6.42 Å². The molecule has 2 aromatic rings. The molecule has 1 aromatic heterocycles. The van der Waals surface area contributed by atoms with Crippen molar-refractivity contribution in [3.05, 3.63) is 52.8 Å². The molecule has 1 aliphatic rings. The van der Waals surface area contributed by atoms with Crippen LogP contribution in [0.5, 0.6) is 0 Å². The summed E-state index contributed by atoms with van der Waals surface area (Å²) in [5.74, 6) is 0. The Morgan fingerprint density at radius 2 is 1.93 bits per heavy atom. The minimum absolute atomic E-state index is 0.993. The van der Waals surface area contributed by atoms with Gasteiger partial charge in [0.1, 0.15) is 0 Å². The van der Waals surface area contributed by atoms with Gasteiger partial charge in [0.25, 0.3) is 0 Å². The maximum absolute atomic E-state index is 4.53. The summed E-state index contributed by atoms with van der Waals surface area (Å²) >= 11 is 0. The van der Waals surface area contributed by atoms with E-state index in [4.69, 9.17) is 0 Å². The lowest BCUT2D eigenvalue weighted by Crippen LogP contribution is -1.92. The molecular weight excluding hydrogens is 182 g/mol. The third-order valence-electron chi connectivity index (χ3n) is 3.31. The van der Waals surface area contributed by atoms with Crippen molar-refractivity contribution < 1.29 is 0 Å². The predicted octanol–water partition coefficient (Wildman–Crippen LogP) is 3.27. The van der Waals surface area contributed by atoms with Gasteiger partial charge in [0.2, 0.25) is 0 Å². The molecule has 0 N–H and O–H groups in total. The van der Waals surface area contributed by atoms with Crippen LogP contribution in [0.15, 0.2) is 30.5 Å². The summed E-state index contributed by atoms with van der Waals surface area (Å²) in [6, 6.07) is 8.61. The first-order valence-corrected chi connectivity index (χ1v) is 5.30. The third kappa shape index (κ3) is 1.13. The highest BCUT2D eigenvalue weighted by Gasteiger charge is 2.21. The van der Waals surface area contributed by atoms with Gasteiger partial charge in [0.05, 0.1) is 5.69 Å². The van der Waals surface area contributed by atoms with Crippen molar-refractivity contribution in [3.63, 3.8) is 0 Å². The molecular formula is C14H13N. The van der Waals surface area contributed by atoms with Crippen molar-refractivity contribution in [2.24, 2.45) is 0 Å². The molecule has 0 spiro atoms. The Labute approximate surface area is 89.8 Å². The molecule has 0 bridgehead atoms. The van der Waals surface area contributed by atoms with Gasteiger partial charge < -0.3 is 0 Å². The molecule has 0 saturated heterocycles. The van der Waals surface area contributed by atoms with Crippen LogP contribution in [0.2, 0.25) is 0 Å². The predicted molar refractivity (Wildman–Crippen MR) is 62.0 cm³/mol. The van der Waals surface area contributed by atoms with Gasteiger partial charge in [-0.15, -0.1) is 0 Å². The van der Waals surface area contributed by atoms with Crippen molar-refractivity contribution in [2.75, 3.05) is 0 Å². The van der Waals surface area contributed by atoms with Crippen LogP contribution in [0.25, 0.3) is 11.1 Å². The number of aryl methyl sites for hydroxylation is 1. The van der Waals surface area contributed by atoms with Crippen LogP contribution < -0.4 is 0 Å². The molecule has 74 valence electrons. The van der Waals surface area contributed by atoms with E-state index in [1.54, 1.807) is 0 Å². The smallest absolute Gasteiger partial charge is 0.0528 e. The minimum atomic E-state index is 0.993. The topological polar surface area (TPSA) is 12.9 Å². The van der Waals surface area contributed by atoms with Crippen LogP contribution in [-0.4, -0.2) is 4.98 Å². The van der Waals surface area contributed by atoms with Gasteiger partial charge in [-0.3, -0.25) is 4.98 Å². The van der Waals surface area contributed by atoms with E-state index in [1.807, 2.05) is 6.20 Å². The molecule has 0 unspecified atom stereocenters. The number of hydrogen-bond donors (Lipinski definition) is 0. The molecule has 1 heteroatoms. The number of benzene rings is 1. The lowest BCUT2D eigenvalue weighted by Gasteiger charge is -2.07. The average molecular weight is 195 g/mol. The fourth-order valence-corrected chi connectivity index (χ4v) is 2.34. The van der Waals surface area contributed by atoms with Crippen LogP contribution in [0, 0.1) is 13.8 Å². The summed E-state index contributed by atoms with van der Waals surface area (Å²) in [4.78, 5) is 4.53. The molecule has 0 aliphatic heterocycles. The van der Waals surface area contributed by atoms with E-state index in [9.17, 15) is 0 Å². The zero-order chi connectivity index (χ0) is 10.4. The van der Waals surface area contributed by atoms with Crippen molar-refractivity contribution in [3.8, 4) is 11.1 Å². The molecule has 1 aliphatic carbocycles. The Kier molecular flexibility index (Phi) is 1.69. The molecule has 0 radical (unpaired) electrons. The van der Waals surface area contributed by atoms with Crippen molar-refractivity contribution in [2.45, 2.75) is 20.3 Å². The van der Waals surface area contributed by atoms with Crippen LogP contribution in [-0.2, 0) is 6.42 Å². The van der Waals surface area contributed by atoms with E-state index in [2.05, 4.69) is 43.1 Å². The van der Waals surface area contributed by atoms with Crippen LogP contribution in [0.3, 0.4) is 0 Å². The first kappa shape index (κ1) is 8.66. The number of nitrogens with zero attached hydrogens (tertiary/aromatic N) is 1. The van der Waals surface area contributed by atoms with Crippen molar-refractivity contribution in [1.29, 1.82) is 0 Å². The number of aromatic nitrogens is 1. The standard InChI is InChI=1S/C14H13N/c1-9-8-15-13-7-11-5-3-4-6-12(11)14(13)10(9)2/h3-6,8H,7H2,1-2H3. The SMILES string of the molecule is Cc1cnc2c(c1C)-c1ccccc1C2. The highest BCUT2D eigenvalue weighted by atomic mass is 14.7. The third-order valence-corrected chi connectivity index (χ3v) is 3.31. The molecule has 0 atom stereocenters. The quantitative estimate of drug-likeness (QED) is 0.536. The lowest BCUT2D eigenvalue weighted by molar-refractivity contribution is 1.09. The molecule has 0 amide bonds. The molecule has 1 aromatic carbocycles. The Morgan fingerprint density at radius 1 is 1.13 bits per heavy atom. The van der Waals surface area contributed by atoms with Gasteiger partial charge in [-0.1, -0.05) is 24.3 Å². The summed E-state index contributed by atoms with van der Waals surface area (Å²) in [5.41, 5.74) is 8.05. The van der Waals surface area contributed by atoms with Gasteiger partial charge in [0.15, 0.2) is 0 Å². The zero-order valence-corrected chi connectivity index (χ0v) is 9.04. The maximum atomic E-state index is 4.53. The summed E-state index contributed by atoms with van der Waals surface area (Å²) < 4.78 is 0. The number of pyridine rings is 1. The summed E-state index contributed by atoms with van der Waals surface area (Å²) in [5, 5.41) is 0. The first-order chi connectivity index (χ1) is 7.27. The van der Waals surface area contributed by atoms with Gasteiger partial charge in [-0.05, 0) is 36.1 Å². The van der Waals surface area contributed by atoms with E-state index < -0.39 is 0 Å². The normalized spacial score (nSPS) is 12.4. The second kappa shape index (κ2) is 2.93. The lowest BCUT2D eigenvalue weighted by atomic mass is 10.0. The van der Waals surface area contributed by atoms with Crippen LogP contribution >= 0.6 is 0 Å². The van der Waals surface area contributed by atoms with E-state index in [1.165, 1.54) is 33.5 Å². The zero-order valence-electron chi connectivity index (χ0n) is 9.04. The molecule has 1 heterocycles. The van der Waals surface area contributed by atoms with Crippen molar-refractivity contribution >= 4 is 0 Å². The Bertz CT molecular complexity index is 541. The molecule has 15 heavy (non-hydrogen) atoms. The highest BCUT2D eigenvalue weighted by molar-refractivity contribution is 5.78. The molecule has 0 saturated carbocycles. The number of fused-ring (bicyclic) bond motifs is 3. The summed E-state index contributed by atoms with van der Waals surface area (Å²) in [6.07, 6.45) is 2.98. The summed E-state index contributed by atoms with van der Waals surface area (Å²) in [6.45, 7) is 4.32. The summed E-state index contributed by atoms with van der Waals surface area (Å²) in [7, 11) is 0. The number of rotatable bonds is 0. The largest absolute Gasteiger partial charge is 0.260 e. The maximum Gasteiger partial charge on any atom is 0.0528 e. The molecule has 0 fully saturated rings. The Hall–Kier alpha value is -1.63. The molecule has 3 rings (SSSR count). The van der Waals surface area contributed by atoms with E-state index in [-0.39, 0.29) is 0 Å². The fraction of sp³-hybridized carbons (Fsp3) is 0.214. The monoisotopic (exact) mass is 195 g/mol. The second-order valence-electron chi connectivity index (χ2n) is 4.22. The Balaban J connectivity index is 2.36. The van der Waals surface area contributed by atoms with Crippen LogP contribution in [0.4, 0.5) is 0 Å². The average Bonchev–Trinajstić information content (AvgIpc) is 2.62. The highest BCUT2D eigenvalue weighted by Crippen LogP contribution is 2.38. The fourth-order valence-electron chi connectivity index (χ4n) is 2.34.